The molecule has 27 heavy (non-hydrogen) atoms. The Morgan fingerprint density at radius 2 is 2.04 bits per heavy atom. The Hall–Kier alpha value is -1.99. The number of ether oxygens (including phenoxy) is 1. The Morgan fingerprint density at radius 1 is 1.37 bits per heavy atom. The third kappa shape index (κ3) is 4.84. The van der Waals surface area contributed by atoms with Crippen LogP contribution in [0.4, 0.5) is 9.18 Å². The summed E-state index contributed by atoms with van der Waals surface area (Å²) in [6, 6.07) is 6.17. The second kappa shape index (κ2) is 8.80. The van der Waals surface area contributed by atoms with Crippen LogP contribution in [0.25, 0.3) is 10.6 Å². The van der Waals surface area contributed by atoms with Gasteiger partial charge in [-0.1, -0.05) is 0 Å². The number of hydrogen-bond donors (Lipinski definition) is 1. The molecule has 1 atom stereocenters. The van der Waals surface area contributed by atoms with Gasteiger partial charge in [-0.25, -0.2) is 14.2 Å². The smallest absolute Gasteiger partial charge is 0.317 e. The number of nitrogens with one attached hydrogen (secondary N) is 1. The number of carbonyl (C=O) groups excluding carboxylic acids is 1. The third-order valence-electron chi connectivity index (χ3n) is 4.96. The van der Waals surface area contributed by atoms with Gasteiger partial charge in [0.1, 0.15) is 10.8 Å². The van der Waals surface area contributed by atoms with Crippen LogP contribution >= 0.6 is 11.3 Å². The molecule has 1 N–H and O–H groups in total. The molecule has 146 valence electrons. The van der Waals surface area contributed by atoms with Gasteiger partial charge in [0.15, 0.2) is 0 Å². The highest BCUT2D eigenvalue weighted by Crippen LogP contribution is 2.32. The molecular formula is C20H26FN3O2S. The Balaban J connectivity index is 1.62. The number of carbonyl (C=O) groups is 1. The number of nitrogens with zero attached hydrogens (tertiary/aromatic N) is 2. The van der Waals surface area contributed by atoms with Crippen molar-refractivity contribution in [1.82, 2.24) is 15.2 Å². The largest absolute Gasteiger partial charge is 0.384 e. The fourth-order valence-corrected chi connectivity index (χ4v) is 4.48. The number of piperidine rings is 1. The van der Waals surface area contributed by atoms with Crippen molar-refractivity contribution in [2.75, 3.05) is 26.8 Å². The fraction of sp³-hybridized carbons (Fsp3) is 0.500. The van der Waals surface area contributed by atoms with Crippen molar-refractivity contribution in [3.8, 4) is 10.6 Å². The molecule has 2 aromatic rings. The second-order valence-electron chi connectivity index (χ2n) is 7.03. The van der Waals surface area contributed by atoms with E-state index in [2.05, 4.69) is 10.3 Å². The summed E-state index contributed by atoms with van der Waals surface area (Å²) in [4.78, 5) is 20.1. The number of likely N-dealkylation sites (tertiary alicyclic amines) is 1. The van der Waals surface area contributed by atoms with Gasteiger partial charge in [-0.3, -0.25) is 0 Å². The fourth-order valence-electron chi connectivity index (χ4n) is 3.41. The molecule has 3 rings (SSSR count). The summed E-state index contributed by atoms with van der Waals surface area (Å²) < 4.78 is 18.3. The number of urea groups is 1. The lowest BCUT2D eigenvalue weighted by Crippen LogP contribution is -2.45. The van der Waals surface area contributed by atoms with Crippen LogP contribution in [0, 0.1) is 18.7 Å². The van der Waals surface area contributed by atoms with E-state index in [1.54, 1.807) is 19.2 Å². The molecular weight excluding hydrogens is 365 g/mol. The number of thiazole rings is 1. The molecule has 1 aromatic heterocycles. The van der Waals surface area contributed by atoms with Crippen LogP contribution < -0.4 is 5.32 Å². The SMILES string of the molecule is COCC1CCN(C(=O)NC(C)c2sc(-c3ccc(F)cc3)nc2C)CC1. The summed E-state index contributed by atoms with van der Waals surface area (Å²) in [6.07, 6.45) is 1.95. The van der Waals surface area contributed by atoms with Gasteiger partial charge in [0, 0.05) is 32.4 Å². The minimum atomic E-state index is -0.262. The molecule has 1 aliphatic heterocycles. The van der Waals surface area contributed by atoms with Gasteiger partial charge in [0.05, 0.1) is 16.6 Å². The van der Waals surface area contributed by atoms with Crippen LogP contribution in [-0.2, 0) is 4.74 Å². The number of benzene rings is 1. The van der Waals surface area contributed by atoms with E-state index in [1.165, 1.54) is 23.5 Å². The van der Waals surface area contributed by atoms with Crippen LogP contribution in [0.1, 0.15) is 36.4 Å². The van der Waals surface area contributed by atoms with E-state index in [0.717, 1.165) is 53.7 Å². The number of aromatic nitrogens is 1. The highest BCUT2D eigenvalue weighted by Gasteiger charge is 2.25. The van der Waals surface area contributed by atoms with Crippen molar-refractivity contribution < 1.29 is 13.9 Å². The molecule has 2 heterocycles. The Morgan fingerprint density at radius 3 is 2.67 bits per heavy atom. The molecule has 0 saturated carbocycles. The van der Waals surface area contributed by atoms with Crippen LogP contribution in [0.3, 0.4) is 0 Å². The maximum Gasteiger partial charge on any atom is 0.317 e. The predicted molar refractivity (Wildman–Crippen MR) is 105 cm³/mol. The van der Waals surface area contributed by atoms with E-state index in [9.17, 15) is 9.18 Å². The van der Waals surface area contributed by atoms with Gasteiger partial charge >= 0.3 is 6.03 Å². The normalized spacial score (nSPS) is 16.4. The predicted octanol–water partition coefficient (Wildman–Crippen LogP) is 4.39. The zero-order valence-corrected chi connectivity index (χ0v) is 16.8. The Bertz CT molecular complexity index is 770. The van der Waals surface area contributed by atoms with E-state index in [-0.39, 0.29) is 17.9 Å². The lowest BCUT2D eigenvalue weighted by molar-refractivity contribution is 0.106. The summed E-state index contributed by atoms with van der Waals surface area (Å²) in [7, 11) is 1.72. The van der Waals surface area contributed by atoms with E-state index in [0.29, 0.717) is 5.92 Å². The van der Waals surface area contributed by atoms with Crippen LogP contribution in [0.15, 0.2) is 24.3 Å². The first-order valence-corrected chi connectivity index (χ1v) is 10.1. The summed E-state index contributed by atoms with van der Waals surface area (Å²) >= 11 is 1.54. The van der Waals surface area contributed by atoms with Crippen molar-refractivity contribution in [1.29, 1.82) is 0 Å². The molecule has 1 fully saturated rings. The molecule has 1 saturated heterocycles. The molecule has 0 spiro atoms. The first kappa shape index (κ1) is 19.8. The average molecular weight is 392 g/mol. The number of rotatable bonds is 5. The van der Waals surface area contributed by atoms with Gasteiger partial charge < -0.3 is 15.0 Å². The lowest BCUT2D eigenvalue weighted by Gasteiger charge is -2.32. The molecule has 1 unspecified atom stereocenters. The van der Waals surface area contributed by atoms with Crippen molar-refractivity contribution in [3.05, 3.63) is 40.7 Å². The maximum absolute atomic E-state index is 13.1. The molecule has 1 aliphatic rings. The number of amides is 2. The topological polar surface area (TPSA) is 54.5 Å². The second-order valence-corrected chi connectivity index (χ2v) is 8.06. The highest BCUT2D eigenvalue weighted by atomic mass is 32.1. The molecule has 2 amide bonds. The van der Waals surface area contributed by atoms with Crippen molar-refractivity contribution in [2.24, 2.45) is 5.92 Å². The van der Waals surface area contributed by atoms with Crippen molar-refractivity contribution in [2.45, 2.75) is 32.7 Å². The summed E-state index contributed by atoms with van der Waals surface area (Å²) in [6.45, 7) is 6.20. The van der Waals surface area contributed by atoms with E-state index >= 15 is 0 Å². The summed E-state index contributed by atoms with van der Waals surface area (Å²) in [5.74, 6) is 0.278. The quantitative estimate of drug-likeness (QED) is 0.823. The highest BCUT2D eigenvalue weighted by molar-refractivity contribution is 7.15. The molecule has 0 radical (unpaired) electrons. The van der Waals surface area contributed by atoms with Crippen LogP contribution in [0.2, 0.25) is 0 Å². The number of hydrogen-bond acceptors (Lipinski definition) is 4. The van der Waals surface area contributed by atoms with Gasteiger partial charge in [-0.05, 0) is 56.9 Å². The minimum absolute atomic E-state index is 0.0329. The van der Waals surface area contributed by atoms with Gasteiger partial charge in [0.2, 0.25) is 0 Å². The zero-order valence-electron chi connectivity index (χ0n) is 16.0. The first-order chi connectivity index (χ1) is 13.0. The first-order valence-electron chi connectivity index (χ1n) is 9.25. The summed E-state index contributed by atoms with van der Waals surface area (Å²) in [5.41, 5.74) is 1.78. The zero-order chi connectivity index (χ0) is 19.4. The van der Waals surface area contributed by atoms with Gasteiger partial charge in [-0.2, -0.15) is 0 Å². The molecule has 5 nitrogen and oxygen atoms in total. The van der Waals surface area contributed by atoms with Gasteiger partial charge in [0.25, 0.3) is 0 Å². The maximum atomic E-state index is 13.1. The Labute approximate surface area is 163 Å². The monoisotopic (exact) mass is 391 g/mol. The number of methoxy groups -OCH3 is 1. The minimum Gasteiger partial charge on any atom is -0.384 e. The lowest BCUT2D eigenvalue weighted by atomic mass is 9.98. The van der Waals surface area contributed by atoms with E-state index in [4.69, 9.17) is 4.74 Å². The molecule has 7 heteroatoms. The van der Waals surface area contributed by atoms with E-state index in [1.807, 2.05) is 18.7 Å². The van der Waals surface area contributed by atoms with Crippen molar-refractivity contribution >= 4 is 17.4 Å². The standard InChI is InChI=1S/C20H26FN3O2S/c1-13-18(27-19(22-13)16-4-6-17(21)7-5-16)14(2)23-20(25)24-10-8-15(9-11-24)12-26-3/h4-7,14-15H,8-12H2,1-3H3,(H,23,25). The third-order valence-corrected chi connectivity index (χ3v) is 6.35. The number of aryl methyl sites for hydroxylation is 1. The molecule has 1 aromatic carbocycles. The molecule has 0 bridgehead atoms. The van der Waals surface area contributed by atoms with E-state index < -0.39 is 0 Å². The van der Waals surface area contributed by atoms with Crippen LogP contribution in [0.5, 0.6) is 0 Å². The molecule has 0 aliphatic carbocycles. The van der Waals surface area contributed by atoms with Crippen molar-refractivity contribution in [3.63, 3.8) is 0 Å². The van der Waals surface area contributed by atoms with Crippen LogP contribution in [-0.4, -0.2) is 42.7 Å². The van der Waals surface area contributed by atoms with Gasteiger partial charge in [-0.15, -0.1) is 11.3 Å². The Kier molecular flexibility index (Phi) is 6.44. The average Bonchev–Trinajstić information content (AvgIpc) is 3.05. The summed E-state index contributed by atoms with van der Waals surface area (Å²) in [5, 5.41) is 3.93. The number of halogens is 1.